The van der Waals surface area contributed by atoms with Crippen LogP contribution in [0.1, 0.15) is 39.5 Å². The summed E-state index contributed by atoms with van der Waals surface area (Å²) in [4.78, 5) is 0. The van der Waals surface area contributed by atoms with Gasteiger partial charge in [-0.3, -0.25) is 0 Å². The second-order valence-electron chi connectivity index (χ2n) is 3.49. The van der Waals surface area contributed by atoms with E-state index in [-0.39, 0.29) is 12.3 Å². The molecule has 1 rings (SSSR count). The number of hydrogen-bond donors (Lipinski definition) is 4. The SMILES string of the molecule is CC1CC1O.CCCCC(N)O.N. The molecule has 0 amide bonds. The minimum atomic E-state index is -0.597. The highest BCUT2D eigenvalue weighted by Crippen LogP contribution is 2.27. The van der Waals surface area contributed by atoms with Gasteiger partial charge in [0.05, 0.1) is 6.10 Å². The summed E-state index contributed by atoms with van der Waals surface area (Å²) < 4.78 is 0. The molecule has 0 bridgehead atoms. The van der Waals surface area contributed by atoms with Gasteiger partial charge in [-0.15, -0.1) is 0 Å². The second kappa shape index (κ2) is 8.44. The first-order chi connectivity index (χ1) is 5.57. The Kier molecular flexibility index (Phi) is 9.94. The lowest BCUT2D eigenvalue weighted by molar-refractivity contribution is 0.169. The van der Waals surface area contributed by atoms with Gasteiger partial charge in [-0.1, -0.05) is 20.3 Å². The Morgan fingerprint density at radius 1 is 1.54 bits per heavy atom. The fourth-order valence-electron chi connectivity index (χ4n) is 0.716. The molecule has 0 spiro atoms. The summed E-state index contributed by atoms with van der Waals surface area (Å²) in [6.07, 6.45) is 3.34. The average Bonchev–Trinajstić information content (AvgIpc) is 2.62. The Balaban J connectivity index is 0. The van der Waals surface area contributed by atoms with Gasteiger partial charge in [0.2, 0.25) is 0 Å². The molecule has 3 unspecified atom stereocenters. The zero-order valence-corrected chi connectivity index (χ0v) is 8.74. The quantitative estimate of drug-likeness (QED) is 0.501. The molecule has 0 radical (unpaired) electrons. The molecule has 0 aromatic rings. The van der Waals surface area contributed by atoms with Gasteiger partial charge in [0.25, 0.3) is 0 Å². The molecule has 1 aliphatic rings. The van der Waals surface area contributed by atoms with E-state index >= 15 is 0 Å². The molecule has 4 heteroatoms. The van der Waals surface area contributed by atoms with Crippen molar-refractivity contribution in [2.75, 3.05) is 0 Å². The number of hydrogen-bond acceptors (Lipinski definition) is 4. The number of rotatable bonds is 3. The molecular formula is C9H24N2O2. The normalized spacial score (nSPS) is 26.5. The van der Waals surface area contributed by atoms with E-state index in [1.54, 1.807) is 0 Å². The van der Waals surface area contributed by atoms with Crippen LogP contribution in [0, 0.1) is 5.92 Å². The zero-order valence-electron chi connectivity index (χ0n) is 8.74. The van der Waals surface area contributed by atoms with Crippen LogP contribution in [0.15, 0.2) is 0 Å². The minimum absolute atomic E-state index is 0. The monoisotopic (exact) mass is 192 g/mol. The summed E-state index contributed by atoms with van der Waals surface area (Å²) >= 11 is 0. The Labute approximate surface area is 80.7 Å². The van der Waals surface area contributed by atoms with Crippen LogP contribution in [0.4, 0.5) is 0 Å². The number of aliphatic hydroxyl groups is 2. The first-order valence-electron chi connectivity index (χ1n) is 4.69. The lowest BCUT2D eigenvalue weighted by atomic mass is 10.2. The molecule has 0 aromatic carbocycles. The molecule has 1 fully saturated rings. The van der Waals surface area contributed by atoms with Crippen molar-refractivity contribution in [3.63, 3.8) is 0 Å². The van der Waals surface area contributed by atoms with E-state index in [9.17, 15) is 0 Å². The molecule has 1 saturated carbocycles. The van der Waals surface area contributed by atoms with Crippen molar-refractivity contribution in [1.82, 2.24) is 6.15 Å². The van der Waals surface area contributed by atoms with E-state index < -0.39 is 6.23 Å². The van der Waals surface area contributed by atoms with Crippen LogP contribution in [-0.2, 0) is 0 Å². The van der Waals surface area contributed by atoms with Crippen LogP contribution < -0.4 is 11.9 Å². The molecule has 0 heterocycles. The topological polar surface area (TPSA) is 101 Å². The van der Waals surface area contributed by atoms with Crippen LogP contribution in [-0.4, -0.2) is 22.5 Å². The van der Waals surface area contributed by atoms with Gasteiger partial charge in [0.15, 0.2) is 0 Å². The van der Waals surface area contributed by atoms with Gasteiger partial charge in [0, 0.05) is 0 Å². The van der Waals surface area contributed by atoms with Crippen LogP contribution in [0.5, 0.6) is 0 Å². The summed E-state index contributed by atoms with van der Waals surface area (Å²) in [6, 6.07) is 0. The Morgan fingerprint density at radius 3 is 2.00 bits per heavy atom. The standard InChI is InChI=1S/C5H13NO.C4H8O.H3N/c1-2-3-4-5(6)7;1-3-2-4(3)5;/h5,7H,2-4,6H2,1H3;3-5H,2H2,1H3;1H3. The molecular weight excluding hydrogens is 168 g/mol. The number of nitrogens with two attached hydrogens (primary N) is 1. The fourth-order valence-corrected chi connectivity index (χ4v) is 0.716. The molecule has 0 saturated heterocycles. The highest BCUT2D eigenvalue weighted by molar-refractivity contribution is 4.80. The Bertz CT molecular complexity index is 104. The van der Waals surface area contributed by atoms with Crippen molar-refractivity contribution in [3.05, 3.63) is 0 Å². The van der Waals surface area contributed by atoms with Crippen molar-refractivity contribution in [2.24, 2.45) is 11.7 Å². The maximum atomic E-state index is 8.46. The molecule has 0 aromatic heterocycles. The molecule has 13 heavy (non-hydrogen) atoms. The van der Waals surface area contributed by atoms with Gasteiger partial charge in [-0.25, -0.2) is 0 Å². The average molecular weight is 192 g/mol. The smallest absolute Gasteiger partial charge is 0.102 e. The lowest BCUT2D eigenvalue weighted by Gasteiger charge is -1.98. The maximum Gasteiger partial charge on any atom is 0.102 e. The van der Waals surface area contributed by atoms with Crippen molar-refractivity contribution < 1.29 is 10.2 Å². The second-order valence-corrected chi connectivity index (χ2v) is 3.49. The van der Waals surface area contributed by atoms with E-state index in [1.807, 2.05) is 6.92 Å². The molecule has 1 aliphatic carbocycles. The lowest BCUT2D eigenvalue weighted by Crippen LogP contribution is -2.17. The third kappa shape index (κ3) is 11.8. The van der Waals surface area contributed by atoms with Crippen LogP contribution in [0.3, 0.4) is 0 Å². The van der Waals surface area contributed by atoms with Crippen molar-refractivity contribution in [3.8, 4) is 0 Å². The predicted molar refractivity (Wildman–Crippen MR) is 54.5 cm³/mol. The summed E-state index contributed by atoms with van der Waals surface area (Å²) in [5, 5.41) is 16.9. The summed E-state index contributed by atoms with van der Waals surface area (Å²) in [6.45, 7) is 4.12. The highest BCUT2D eigenvalue weighted by Gasteiger charge is 2.29. The number of unbranched alkanes of at least 4 members (excludes halogenated alkanes) is 1. The van der Waals surface area contributed by atoms with Crippen molar-refractivity contribution in [1.29, 1.82) is 0 Å². The first kappa shape index (κ1) is 15.3. The maximum absolute atomic E-state index is 8.46. The highest BCUT2D eigenvalue weighted by atomic mass is 16.3. The van der Waals surface area contributed by atoms with Gasteiger partial charge in [-0.2, -0.15) is 0 Å². The Hall–Kier alpha value is -0.160. The van der Waals surface area contributed by atoms with E-state index in [1.165, 1.54) is 0 Å². The van der Waals surface area contributed by atoms with E-state index in [0.717, 1.165) is 25.7 Å². The number of aliphatic hydroxyl groups excluding tert-OH is 2. The molecule has 82 valence electrons. The van der Waals surface area contributed by atoms with Crippen LogP contribution >= 0.6 is 0 Å². The first-order valence-corrected chi connectivity index (χ1v) is 4.69. The minimum Gasteiger partial charge on any atom is -0.393 e. The Morgan fingerprint density at radius 2 is 1.92 bits per heavy atom. The van der Waals surface area contributed by atoms with Crippen molar-refractivity contribution >= 4 is 0 Å². The zero-order chi connectivity index (χ0) is 9.56. The van der Waals surface area contributed by atoms with Crippen LogP contribution in [0.2, 0.25) is 0 Å². The molecule has 3 atom stereocenters. The van der Waals surface area contributed by atoms with E-state index in [4.69, 9.17) is 15.9 Å². The molecule has 7 N–H and O–H groups in total. The van der Waals surface area contributed by atoms with Gasteiger partial charge in [-0.05, 0) is 25.2 Å². The summed E-state index contributed by atoms with van der Waals surface area (Å²) in [7, 11) is 0. The third-order valence-electron chi connectivity index (χ3n) is 1.92. The van der Waals surface area contributed by atoms with Crippen LogP contribution in [0.25, 0.3) is 0 Å². The van der Waals surface area contributed by atoms with Gasteiger partial charge >= 0.3 is 0 Å². The van der Waals surface area contributed by atoms with Gasteiger partial charge in [0.1, 0.15) is 6.23 Å². The summed E-state index contributed by atoms with van der Waals surface area (Å²) in [5.74, 6) is 0.606. The van der Waals surface area contributed by atoms with E-state index in [0.29, 0.717) is 5.92 Å². The van der Waals surface area contributed by atoms with Gasteiger partial charge < -0.3 is 22.1 Å². The summed E-state index contributed by atoms with van der Waals surface area (Å²) in [5.41, 5.74) is 5.03. The third-order valence-corrected chi connectivity index (χ3v) is 1.92. The molecule has 4 nitrogen and oxygen atoms in total. The van der Waals surface area contributed by atoms with E-state index in [2.05, 4.69) is 6.92 Å². The fraction of sp³-hybridized carbons (Fsp3) is 1.00. The largest absolute Gasteiger partial charge is 0.393 e. The predicted octanol–water partition coefficient (Wildman–Crippen LogP) is 1.00. The molecule has 0 aliphatic heterocycles. The van der Waals surface area contributed by atoms with Crippen molar-refractivity contribution in [2.45, 2.75) is 51.9 Å².